The average molecular weight is 292 g/mol. The molecule has 0 fully saturated rings. The van der Waals surface area contributed by atoms with Crippen molar-refractivity contribution >= 4 is 17.5 Å². The predicted molar refractivity (Wildman–Crippen MR) is 82.7 cm³/mol. The van der Waals surface area contributed by atoms with Gasteiger partial charge in [-0.25, -0.2) is 0 Å². The zero-order valence-corrected chi connectivity index (χ0v) is 12.7. The third-order valence-corrected chi connectivity index (χ3v) is 3.05. The van der Waals surface area contributed by atoms with Crippen molar-refractivity contribution in [1.82, 2.24) is 5.32 Å². The predicted octanol–water partition coefficient (Wildman–Crippen LogP) is 2.06. The zero-order chi connectivity index (χ0) is 15.7. The number of aliphatic hydroxyl groups excluding tert-OH is 1. The largest absolute Gasteiger partial charge is 0.396 e. The molecule has 0 atom stereocenters. The van der Waals surface area contributed by atoms with Crippen LogP contribution in [0.4, 0.5) is 5.69 Å². The van der Waals surface area contributed by atoms with Crippen LogP contribution >= 0.6 is 0 Å². The summed E-state index contributed by atoms with van der Waals surface area (Å²) < 4.78 is 0. The number of benzene rings is 1. The maximum atomic E-state index is 11.6. The molecule has 0 aliphatic carbocycles. The Bertz CT molecular complexity index is 455. The quantitative estimate of drug-likeness (QED) is 0.642. The van der Waals surface area contributed by atoms with Crippen molar-refractivity contribution in [1.29, 1.82) is 0 Å². The van der Waals surface area contributed by atoms with Crippen LogP contribution < -0.4 is 10.6 Å². The first-order valence-corrected chi connectivity index (χ1v) is 7.30. The topological polar surface area (TPSA) is 78.4 Å². The van der Waals surface area contributed by atoms with Crippen molar-refractivity contribution in [3.05, 3.63) is 29.8 Å². The van der Waals surface area contributed by atoms with E-state index < -0.39 is 0 Å². The molecule has 3 N–H and O–H groups in total. The molecule has 5 nitrogen and oxygen atoms in total. The molecule has 0 heterocycles. The van der Waals surface area contributed by atoms with Gasteiger partial charge in [-0.05, 0) is 30.5 Å². The first kappa shape index (κ1) is 17.2. The highest BCUT2D eigenvalue weighted by Crippen LogP contribution is 2.11. The normalized spacial score (nSPS) is 10.5. The van der Waals surface area contributed by atoms with Crippen LogP contribution in [0.3, 0.4) is 0 Å². The Morgan fingerprint density at radius 1 is 1.14 bits per heavy atom. The summed E-state index contributed by atoms with van der Waals surface area (Å²) >= 11 is 0. The van der Waals surface area contributed by atoms with Crippen LogP contribution in [-0.2, 0) is 16.1 Å². The number of anilines is 1. The van der Waals surface area contributed by atoms with Gasteiger partial charge in [0.05, 0.1) is 0 Å². The number of amides is 2. The summed E-state index contributed by atoms with van der Waals surface area (Å²) in [6.07, 6.45) is 1.78. The highest BCUT2D eigenvalue weighted by Gasteiger charge is 2.07. The second kappa shape index (κ2) is 9.13. The number of hydrogen-bond acceptors (Lipinski definition) is 3. The third kappa shape index (κ3) is 6.90. The van der Waals surface area contributed by atoms with Crippen molar-refractivity contribution in [2.75, 3.05) is 11.9 Å². The fourth-order valence-corrected chi connectivity index (χ4v) is 1.68. The lowest BCUT2D eigenvalue weighted by molar-refractivity contribution is -0.121. The first-order chi connectivity index (χ1) is 10.0. The van der Waals surface area contributed by atoms with E-state index in [9.17, 15) is 9.59 Å². The Morgan fingerprint density at radius 2 is 1.81 bits per heavy atom. The molecule has 0 radical (unpaired) electrons. The monoisotopic (exact) mass is 292 g/mol. The Hall–Kier alpha value is -1.88. The van der Waals surface area contributed by atoms with E-state index in [-0.39, 0.29) is 24.3 Å². The molecular formula is C16H24N2O3. The maximum absolute atomic E-state index is 11.6. The summed E-state index contributed by atoms with van der Waals surface area (Å²) in [6, 6.07) is 7.41. The molecule has 1 rings (SSSR count). The molecule has 0 spiro atoms. The van der Waals surface area contributed by atoms with Crippen molar-refractivity contribution in [2.24, 2.45) is 5.92 Å². The van der Waals surface area contributed by atoms with Gasteiger partial charge in [0.15, 0.2) is 0 Å². The number of carbonyl (C=O) groups excluding carboxylic acids is 2. The summed E-state index contributed by atoms with van der Waals surface area (Å²) in [5.41, 5.74) is 1.74. The third-order valence-electron chi connectivity index (χ3n) is 3.05. The minimum Gasteiger partial charge on any atom is -0.396 e. The summed E-state index contributed by atoms with van der Waals surface area (Å²) in [6.45, 7) is 4.28. The lowest BCUT2D eigenvalue weighted by Crippen LogP contribution is -2.22. The molecule has 0 aliphatic rings. The van der Waals surface area contributed by atoms with E-state index in [0.29, 0.717) is 25.8 Å². The highest BCUT2D eigenvalue weighted by molar-refractivity contribution is 5.92. The standard InChI is InChI=1S/C16H24N2O3/c1-12(2)16(21)18-14-8-6-13(7-9-14)11-17-15(20)5-3-4-10-19/h6-9,12,19H,3-5,10-11H2,1-2H3,(H,17,20)(H,18,21). The van der Waals surface area contributed by atoms with E-state index in [0.717, 1.165) is 11.3 Å². The highest BCUT2D eigenvalue weighted by atomic mass is 16.3. The number of nitrogens with one attached hydrogen (secondary N) is 2. The van der Waals surface area contributed by atoms with E-state index >= 15 is 0 Å². The second-order valence-corrected chi connectivity index (χ2v) is 5.30. The fraction of sp³-hybridized carbons (Fsp3) is 0.500. The molecule has 21 heavy (non-hydrogen) atoms. The molecule has 0 saturated carbocycles. The van der Waals surface area contributed by atoms with Crippen LogP contribution in [0.25, 0.3) is 0 Å². The van der Waals surface area contributed by atoms with Gasteiger partial charge in [-0.2, -0.15) is 0 Å². The molecule has 0 aliphatic heterocycles. The summed E-state index contributed by atoms with van der Waals surface area (Å²) in [7, 11) is 0. The molecule has 0 aromatic heterocycles. The van der Waals surface area contributed by atoms with Gasteiger partial charge >= 0.3 is 0 Å². The maximum Gasteiger partial charge on any atom is 0.226 e. The van der Waals surface area contributed by atoms with E-state index in [4.69, 9.17) is 5.11 Å². The Morgan fingerprint density at radius 3 is 2.38 bits per heavy atom. The molecule has 5 heteroatoms. The lowest BCUT2D eigenvalue weighted by Gasteiger charge is -2.09. The van der Waals surface area contributed by atoms with Crippen LogP contribution in [-0.4, -0.2) is 23.5 Å². The zero-order valence-electron chi connectivity index (χ0n) is 12.7. The molecule has 0 unspecified atom stereocenters. The number of carbonyl (C=O) groups is 2. The fourth-order valence-electron chi connectivity index (χ4n) is 1.68. The van der Waals surface area contributed by atoms with Crippen molar-refractivity contribution in [2.45, 2.75) is 39.7 Å². The van der Waals surface area contributed by atoms with Crippen LogP contribution in [0.2, 0.25) is 0 Å². The van der Waals surface area contributed by atoms with Gasteiger partial charge in [0.25, 0.3) is 0 Å². The molecule has 2 amide bonds. The second-order valence-electron chi connectivity index (χ2n) is 5.30. The van der Waals surface area contributed by atoms with E-state index in [1.54, 1.807) is 0 Å². The molecule has 1 aromatic rings. The summed E-state index contributed by atoms with van der Waals surface area (Å²) in [5, 5.41) is 14.3. The number of unbranched alkanes of at least 4 members (excludes halogenated alkanes) is 1. The smallest absolute Gasteiger partial charge is 0.226 e. The van der Waals surface area contributed by atoms with Crippen LogP contribution in [0.5, 0.6) is 0 Å². The van der Waals surface area contributed by atoms with Crippen LogP contribution in [0.1, 0.15) is 38.7 Å². The van der Waals surface area contributed by atoms with E-state index in [2.05, 4.69) is 10.6 Å². The minimum absolute atomic E-state index is 0.0133. The summed E-state index contributed by atoms with van der Waals surface area (Å²) in [5.74, 6) is -0.0801. The number of rotatable bonds is 8. The first-order valence-electron chi connectivity index (χ1n) is 7.30. The van der Waals surface area contributed by atoms with E-state index in [1.165, 1.54) is 0 Å². The van der Waals surface area contributed by atoms with Crippen molar-refractivity contribution in [3.63, 3.8) is 0 Å². The van der Waals surface area contributed by atoms with E-state index in [1.807, 2.05) is 38.1 Å². The van der Waals surface area contributed by atoms with Gasteiger partial charge < -0.3 is 15.7 Å². The molecule has 1 aromatic carbocycles. The molecular weight excluding hydrogens is 268 g/mol. The molecule has 0 saturated heterocycles. The van der Waals surface area contributed by atoms with Gasteiger partial charge in [-0.15, -0.1) is 0 Å². The minimum atomic E-state index is -0.0529. The lowest BCUT2D eigenvalue weighted by atomic mass is 10.1. The molecule has 0 bridgehead atoms. The summed E-state index contributed by atoms with van der Waals surface area (Å²) in [4.78, 5) is 23.1. The van der Waals surface area contributed by atoms with Gasteiger partial charge in [-0.3, -0.25) is 9.59 Å². The van der Waals surface area contributed by atoms with Crippen LogP contribution in [0.15, 0.2) is 24.3 Å². The van der Waals surface area contributed by atoms with Gasteiger partial charge in [0, 0.05) is 31.2 Å². The number of aliphatic hydroxyl groups is 1. The molecule has 116 valence electrons. The number of hydrogen-bond donors (Lipinski definition) is 3. The van der Waals surface area contributed by atoms with Gasteiger partial charge in [0.1, 0.15) is 0 Å². The SMILES string of the molecule is CC(C)C(=O)Nc1ccc(CNC(=O)CCCCO)cc1. The average Bonchev–Trinajstić information content (AvgIpc) is 2.46. The van der Waals surface area contributed by atoms with Crippen LogP contribution in [0, 0.1) is 5.92 Å². The Kier molecular flexibility index (Phi) is 7.46. The van der Waals surface area contributed by atoms with Crippen molar-refractivity contribution in [3.8, 4) is 0 Å². The van der Waals surface area contributed by atoms with Crippen molar-refractivity contribution < 1.29 is 14.7 Å². The van der Waals surface area contributed by atoms with Gasteiger partial charge in [-0.1, -0.05) is 26.0 Å². The Labute approximate surface area is 125 Å². The van der Waals surface area contributed by atoms with Gasteiger partial charge in [0.2, 0.25) is 11.8 Å². The Balaban J connectivity index is 2.37.